The molecule has 4 heterocycles. The van der Waals surface area contributed by atoms with Crippen molar-refractivity contribution in [2.75, 3.05) is 19.0 Å². The molecule has 2 saturated carbocycles. The second kappa shape index (κ2) is 17.7. The maximum Gasteiger partial charge on any atom is 0.306 e. The predicted molar refractivity (Wildman–Crippen MR) is 237 cm³/mol. The highest BCUT2D eigenvalue weighted by Gasteiger charge is 2.65. The molecule has 6 atom stereocenters. The van der Waals surface area contributed by atoms with Crippen LogP contribution in [-0.4, -0.2) is 80.5 Å². The van der Waals surface area contributed by atoms with Gasteiger partial charge in [0.1, 0.15) is 29.4 Å². The van der Waals surface area contributed by atoms with Crippen LogP contribution in [-0.2, 0) is 29.8 Å². The number of Topliss-reactive ketones (excluding diaryl/α,β-unsaturated/α-hetero) is 1. The Morgan fingerprint density at radius 2 is 1.87 bits per heavy atom. The molecule has 322 valence electrons. The third-order valence-electron chi connectivity index (χ3n) is 12.2. The van der Waals surface area contributed by atoms with Gasteiger partial charge in [0.05, 0.1) is 54.6 Å². The lowest BCUT2D eigenvalue weighted by atomic mass is 9.77. The summed E-state index contributed by atoms with van der Waals surface area (Å²) in [6.45, 7) is 13.8. The molecule has 3 aliphatic rings. The van der Waals surface area contributed by atoms with Gasteiger partial charge in [-0.05, 0) is 80.9 Å². The third-order valence-corrected chi connectivity index (χ3v) is 16.9. The summed E-state index contributed by atoms with van der Waals surface area (Å²) in [5.41, 5.74) is 1.21. The molecule has 1 amide bonds. The second-order valence-electron chi connectivity index (χ2n) is 18.0. The van der Waals surface area contributed by atoms with Crippen molar-refractivity contribution >= 4 is 63.7 Å². The molecule has 0 radical (unpaired) electrons. The number of rotatable bonds is 17. The summed E-state index contributed by atoms with van der Waals surface area (Å²) in [6.07, 6.45) is 4.68. The lowest BCUT2D eigenvalue weighted by Crippen LogP contribution is -2.48. The normalized spacial score (nSPS) is 23.3. The average molecular weight is 877 g/mol. The number of pyridine rings is 1. The zero-order valence-electron chi connectivity index (χ0n) is 35.3. The number of ether oxygens (including phenoxy) is 3. The third kappa shape index (κ3) is 9.52. The van der Waals surface area contributed by atoms with Crippen LogP contribution >= 0.6 is 30.0 Å². The van der Waals surface area contributed by atoms with E-state index in [1.165, 1.54) is 22.7 Å². The van der Waals surface area contributed by atoms with Gasteiger partial charge in [-0.25, -0.2) is 9.97 Å². The smallest absolute Gasteiger partial charge is 0.306 e. The van der Waals surface area contributed by atoms with Gasteiger partial charge in [0.25, 0.3) is 0 Å². The minimum atomic E-state index is -3.91. The molecule has 1 aromatic carbocycles. The number of hydrogen-bond acceptors (Lipinski definition) is 12. The van der Waals surface area contributed by atoms with Gasteiger partial charge in [-0.15, -0.1) is 29.3 Å². The molecule has 1 unspecified atom stereocenters. The number of nitrogens with zero attached hydrogens (tertiary/aromatic N) is 3. The van der Waals surface area contributed by atoms with Crippen molar-refractivity contribution in [2.24, 2.45) is 17.3 Å². The van der Waals surface area contributed by atoms with Crippen molar-refractivity contribution in [1.82, 2.24) is 14.9 Å². The number of likely N-dealkylation sites (tertiary alicyclic amines) is 1. The van der Waals surface area contributed by atoms with Crippen molar-refractivity contribution in [3.8, 4) is 22.9 Å². The maximum atomic E-state index is 14.9. The lowest BCUT2D eigenvalue weighted by molar-refractivity contribution is -0.156. The van der Waals surface area contributed by atoms with Gasteiger partial charge in [-0.1, -0.05) is 32.9 Å². The van der Waals surface area contributed by atoms with E-state index in [0.29, 0.717) is 40.2 Å². The van der Waals surface area contributed by atoms with Crippen molar-refractivity contribution in [1.29, 1.82) is 0 Å². The molecular formula is C45H57N4O8PS2. The molecular weight excluding hydrogens is 820 g/mol. The Balaban J connectivity index is 1.22. The number of thiazole rings is 1. The fourth-order valence-corrected chi connectivity index (χ4v) is 13.3. The number of amides is 1. The van der Waals surface area contributed by atoms with Gasteiger partial charge >= 0.3 is 5.97 Å². The van der Waals surface area contributed by atoms with E-state index in [1.54, 1.807) is 18.1 Å². The van der Waals surface area contributed by atoms with Gasteiger partial charge < -0.3 is 29.3 Å². The molecule has 0 spiro atoms. The summed E-state index contributed by atoms with van der Waals surface area (Å²) in [6, 6.07) is 10.3. The van der Waals surface area contributed by atoms with E-state index in [-0.39, 0.29) is 61.7 Å². The number of allylic oxidation sites excluding steroid dienone is 1. The molecule has 4 aromatic rings. The van der Waals surface area contributed by atoms with Crippen LogP contribution in [0.15, 0.2) is 59.8 Å². The van der Waals surface area contributed by atoms with Crippen LogP contribution in [0.2, 0.25) is 0 Å². The average Bonchev–Trinajstić information content (AvgIpc) is 3.81. The van der Waals surface area contributed by atoms with Gasteiger partial charge in [0.15, 0.2) is 10.9 Å². The van der Waals surface area contributed by atoms with Crippen LogP contribution in [0.4, 0.5) is 5.13 Å². The van der Waals surface area contributed by atoms with Crippen LogP contribution in [0, 0.1) is 17.3 Å². The molecule has 2 aliphatic carbocycles. The SMILES string of the molecule is C=C[C@@H]1C[C@]1(CC(=O)[C@@H]1C[C@@H](Oc2cc(-c3csc(NC(C)C)n3)nc3cc(OC)ccc23)CN1C(=O)[C@@H](CC(=O)OC1CCCC1)C(C)(C)C)P(=O)(O)Cc1cccs1. The first kappa shape index (κ1) is 44.0. The van der Waals surface area contributed by atoms with Crippen LogP contribution in [0.5, 0.6) is 11.5 Å². The number of nitrogens with one attached hydrogen (secondary N) is 1. The van der Waals surface area contributed by atoms with E-state index >= 15 is 0 Å². The standard InChI is InChI=1S/C45H57N4O8PS2/c1-8-28-22-45(28,58(53,54)25-32-14-11-17-59-32)23-39(50)38-19-31(24-49(38)42(52)34(44(4,5)6)20-41(51)57-29-12-9-10-13-29)56-40-21-36(37-26-60-43(48-37)46-27(2)3)47-35-18-30(55-7)15-16-33(35)40/h8,11,14-18,21,26-29,31,34,38H,1,9-10,12-13,19-20,22-25H2,2-7H3,(H,46,48)(H,53,54)/t28-,31-,34-,38+,45-/m1/s1. The molecule has 7 rings (SSSR count). The number of benzene rings is 1. The Kier molecular flexibility index (Phi) is 13.0. The van der Waals surface area contributed by atoms with Crippen LogP contribution in [0.25, 0.3) is 22.3 Å². The van der Waals surface area contributed by atoms with Crippen LogP contribution in [0.3, 0.4) is 0 Å². The predicted octanol–water partition coefficient (Wildman–Crippen LogP) is 9.51. The number of methoxy groups -OCH3 is 1. The summed E-state index contributed by atoms with van der Waals surface area (Å²) in [4.78, 5) is 66.9. The first-order valence-electron chi connectivity index (χ1n) is 20.9. The number of fused-ring (bicyclic) bond motifs is 1. The minimum absolute atomic E-state index is 0.0349. The molecule has 3 fully saturated rings. The monoisotopic (exact) mass is 876 g/mol. The number of ketones is 1. The summed E-state index contributed by atoms with van der Waals surface area (Å²) < 4.78 is 32.5. The Hall–Kier alpha value is -4.10. The van der Waals surface area contributed by atoms with E-state index in [2.05, 4.69) is 11.9 Å². The molecule has 2 N–H and O–H groups in total. The highest BCUT2D eigenvalue weighted by molar-refractivity contribution is 7.59. The quantitative estimate of drug-likeness (QED) is 0.0592. The van der Waals surface area contributed by atoms with Crippen molar-refractivity contribution in [3.05, 3.63) is 64.7 Å². The highest BCUT2D eigenvalue weighted by atomic mass is 32.1. The number of thiophene rings is 1. The molecule has 1 aliphatic heterocycles. The molecule has 12 nitrogen and oxygen atoms in total. The fourth-order valence-electron chi connectivity index (χ4n) is 8.76. The minimum Gasteiger partial charge on any atom is -0.497 e. The Morgan fingerprint density at radius 1 is 1.10 bits per heavy atom. The maximum absolute atomic E-state index is 14.9. The van der Waals surface area contributed by atoms with Crippen molar-refractivity contribution < 1.29 is 38.1 Å². The number of aromatic nitrogens is 2. The molecule has 3 aromatic heterocycles. The number of hydrogen-bond donors (Lipinski definition) is 2. The summed E-state index contributed by atoms with van der Waals surface area (Å²) >= 11 is 2.89. The largest absolute Gasteiger partial charge is 0.497 e. The Labute approximate surface area is 360 Å². The number of carbonyl (C=O) groups is 3. The topological polar surface area (TPSA) is 157 Å². The first-order chi connectivity index (χ1) is 28.5. The van der Waals surface area contributed by atoms with Crippen LogP contribution < -0.4 is 14.8 Å². The summed E-state index contributed by atoms with van der Waals surface area (Å²) in [7, 11) is -2.32. The molecule has 0 bridgehead atoms. The van der Waals surface area contributed by atoms with Crippen molar-refractivity contribution in [3.63, 3.8) is 0 Å². The number of esters is 1. The summed E-state index contributed by atoms with van der Waals surface area (Å²) in [5, 5.41) is 7.44. The van der Waals surface area contributed by atoms with E-state index in [1.807, 2.05) is 81.8 Å². The first-order valence-corrected chi connectivity index (χ1v) is 24.5. The van der Waals surface area contributed by atoms with Crippen molar-refractivity contribution in [2.45, 2.75) is 122 Å². The molecule has 15 heteroatoms. The zero-order chi connectivity index (χ0) is 43.0. The zero-order valence-corrected chi connectivity index (χ0v) is 37.9. The molecule has 1 saturated heterocycles. The Morgan fingerprint density at radius 3 is 2.52 bits per heavy atom. The molecule has 60 heavy (non-hydrogen) atoms. The number of carbonyl (C=O) groups excluding carboxylic acids is 3. The van der Waals surface area contributed by atoms with E-state index < -0.39 is 42.0 Å². The van der Waals surface area contributed by atoms with Crippen LogP contribution in [0.1, 0.15) is 90.9 Å². The van der Waals surface area contributed by atoms with Gasteiger partial charge in [0.2, 0.25) is 13.3 Å². The summed E-state index contributed by atoms with van der Waals surface area (Å²) in [5.74, 6) is -1.06. The van der Waals surface area contributed by atoms with Gasteiger partial charge in [-0.3, -0.25) is 18.9 Å². The van der Waals surface area contributed by atoms with E-state index in [4.69, 9.17) is 24.2 Å². The second-order valence-corrected chi connectivity index (χ2v) is 22.5. The van der Waals surface area contributed by atoms with E-state index in [0.717, 1.165) is 35.7 Å². The van der Waals surface area contributed by atoms with E-state index in [9.17, 15) is 23.8 Å². The highest BCUT2D eigenvalue weighted by Crippen LogP contribution is 2.74. The Bertz CT molecular complexity index is 2270. The van der Waals surface area contributed by atoms with Gasteiger partial charge in [0, 0.05) is 46.7 Å². The van der Waals surface area contributed by atoms with Gasteiger partial charge in [-0.2, -0.15) is 0 Å². The fraction of sp³-hybridized carbons (Fsp3) is 0.533. The number of anilines is 1. The lowest BCUT2D eigenvalue weighted by Gasteiger charge is -2.35.